The van der Waals surface area contributed by atoms with Gasteiger partial charge in [-0.25, -0.2) is 0 Å². The maximum atomic E-state index is 12.0. The third kappa shape index (κ3) is 3.68. The minimum Gasteiger partial charge on any atom is -0.508 e. The number of rotatable bonds is 4. The Balaban J connectivity index is 1.82. The summed E-state index contributed by atoms with van der Waals surface area (Å²) in [6.45, 7) is 7.33. The maximum Gasteiger partial charge on any atom is 0.251 e. The van der Waals surface area contributed by atoms with E-state index in [4.69, 9.17) is 0 Å². The molecule has 3 N–H and O–H groups in total. The van der Waals surface area contributed by atoms with Crippen LogP contribution in [0.5, 0.6) is 5.75 Å². The molecule has 0 unspecified atom stereocenters. The summed E-state index contributed by atoms with van der Waals surface area (Å²) in [6.07, 6.45) is 0. The van der Waals surface area contributed by atoms with Crippen LogP contribution in [0, 0.1) is 6.92 Å². The van der Waals surface area contributed by atoms with Crippen molar-refractivity contribution in [2.45, 2.75) is 6.92 Å². The number of carbonyl (C=O) groups excluding carboxylic acids is 1. The summed E-state index contributed by atoms with van der Waals surface area (Å²) in [5.74, 6) is 0.0401. The topological polar surface area (TPSA) is 64.6 Å². The van der Waals surface area contributed by atoms with Gasteiger partial charge in [0.05, 0.1) is 0 Å². The second kappa shape index (κ2) is 6.54. The van der Waals surface area contributed by atoms with Crippen LogP contribution in [0.4, 0.5) is 0 Å². The van der Waals surface area contributed by atoms with Gasteiger partial charge in [-0.05, 0) is 19.1 Å². The molecule has 1 amide bonds. The maximum absolute atomic E-state index is 12.0. The molecule has 0 saturated carbocycles. The van der Waals surface area contributed by atoms with Crippen molar-refractivity contribution in [1.82, 2.24) is 15.5 Å². The number of phenols is 1. The van der Waals surface area contributed by atoms with Crippen LogP contribution in [-0.2, 0) is 0 Å². The summed E-state index contributed by atoms with van der Waals surface area (Å²) < 4.78 is 0. The number of hydrogen-bond donors (Lipinski definition) is 3. The number of benzene rings is 1. The number of nitrogens with zero attached hydrogens (tertiary/aromatic N) is 1. The summed E-state index contributed by atoms with van der Waals surface area (Å²) in [6, 6.07) is 5.01. The minimum atomic E-state index is -0.122. The first-order chi connectivity index (χ1) is 9.18. The van der Waals surface area contributed by atoms with Crippen LogP contribution in [0.25, 0.3) is 0 Å². The molecule has 0 atom stereocenters. The van der Waals surface area contributed by atoms with Gasteiger partial charge in [0.15, 0.2) is 0 Å². The fourth-order valence-corrected chi connectivity index (χ4v) is 2.23. The first-order valence-electron chi connectivity index (χ1n) is 6.68. The number of amides is 1. The average molecular weight is 263 g/mol. The number of aromatic hydroxyl groups is 1. The standard InChI is InChI=1S/C14H21N3O2/c1-11-12(3-2-4-13(11)18)14(19)16-7-10-17-8-5-15-6-9-17/h2-4,15,18H,5-10H2,1H3,(H,16,19). The van der Waals surface area contributed by atoms with Crippen LogP contribution in [0.3, 0.4) is 0 Å². The monoisotopic (exact) mass is 263 g/mol. The van der Waals surface area contributed by atoms with Gasteiger partial charge in [-0.15, -0.1) is 0 Å². The van der Waals surface area contributed by atoms with E-state index in [-0.39, 0.29) is 11.7 Å². The van der Waals surface area contributed by atoms with Crippen LogP contribution in [0.2, 0.25) is 0 Å². The molecule has 104 valence electrons. The lowest BCUT2D eigenvalue weighted by Gasteiger charge is -2.27. The highest BCUT2D eigenvalue weighted by Crippen LogP contribution is 2.19. The normalized spacial score (nSPS) is 16.3. The molecule has 1 saturated heterocycles. The van der Waals surface area contributed by atoms with Crippen molar-refractivity contribution >= 4 is 5.91 Å². The van der Waals surface area contributed by atoms with Crippen LogP contribution < -0.4 is 10.6 Å². The Morgan fingerprint density at radius 2 is 2.16 bits per heavy atom. The number of nitrogens with one attached hydrogen (secondary N) is 2. The van der Waals surface area contributed by atoms with Crippen molar-refractivity contribution in [3.63, 3.8) is 0 Å². The molecule has 1 aliphatic heterocycles. The van der Waals surface area contributed by atoms with E-state index in [9.17, 15) is 9.90 Å². The lowest BCUT2D eigenvalue weighted by atomic mass is 10.1. The van der Waals surface area contributed by atoms with E-state index in [0.717, 1.165) is 32.7 Å². The summed E-state index contributed by atoms with van der Waals surface area (Å²) in [7, 11) is 0. The Hall–Kier alpha value is -1.59. The van der Waals surface area contributed by atoms with Crippen molar-refractivity contribution in [3.05, 3.63) is 29.3 Å². The van der Waals surface area contributed by atoms with Crippen molar-refractivity contribution < 1.29 is 9.90 Å². The van der Waals surface area contributed by atoms with E-state index in [0.29, 0.717) is 17.7 Å². The molecule has 5 heteroatoms. The molecule has 1 fully saturated rings. The fraction of sp³-hybridized carbons (Fsp3) is 0.500. The van der Waals surface area contributed by atoms with E-state index in [1.165, 1.54) is 0 Å². The molecule has 5 nitrogen and oxygen atoms in total. The summed E-state index contributed by atoms with van der Waals surface area (Å²) in [5.41, 5.74) is 1.17. The lowest BCUT2D eigenvalue weighted by molar-refractivity contribution is 0.0946. The molecule has 19 heavy (non-hydrogen) atoms. The highest BCUT2D eigenvalue weighted by atomic mass is 16.3. The SMILES string of the molecule is Cc1c(O)cccc1C(=O)NCCN1CCNCC1. The molecular formula is C14H21N3O2. The van der Waals surface area contributed by atoms with Crippen LogP contribution >= 0.6 is 0 Å². The number of hydrogen-bond acceptors (Lipinski definition) is 4. The van der Waals surface area contributed by atoms with Crippen molar-refractivity contribution in [2.75, 3.05) is 39.3 Å². The number of carbonyl (C=O) groups is 1. The van der Waals surface area contributed by atoms with Gasteiger partial charge in [0.1, 0.15) is 5.75 Å². The van der Waals surface area contributed by atoms with E-state index >= 15 is 0 Å². The molecule has 1 heterocycles. The largest absolute Gasteiger partial charge is 0.508 e. The molecular weight excluding hydrogens is 242 g/mol. The summed E-state index contributed by atoms with van der Waals surface area (Å²) >= 11 is 0. The average Bonchev–Trinajstić information content (AvgIpc) is 2.43. The second-order valence-corrected chi connectivity index (χ2v) is 4.80. The smallest absolute Gasteiger partial charge is 0.251 e. The first-order valence-corrected chi connectivity index (χ1v) is 6.68. The van der Waals surface area contributed by atoms with Gasteiger partial charge in [-0.2, -0.15) is 0 Å². The molecule has 2 rings (SSSR count). The Labute approximate surface area is 113 Å². The van der Waals surface area contributed by atoms with Gasteiger partial charge in [-0.3, -0.25) is 9.69 Å². The van der Waals surface area contributed by atoms with Crippen molar-refractivity contribution in [1.29, 1.82) is 0 Å². The zero-order valence-corrected chi connectivity index (χ0v) is 11.3. The number of phenolic OH excluding ortho intramolecular Hbond substituents is 1. The van der Waals surface area contributed by atoms with Gasteiger partial charge in [0.25, 0.3) is 5.91 Å². The predicted molar refractivity (Wildman–Crippen MR) is 74.5 cm³/mol. The van der Waals surface area contributed by atoms with Gasteiger partial charge in [0, 0.05) is 50.4 Å². The van der Waals surface area contributed by atoms with Crippen molar-refractivity contribution in [2.24, 2.45) is 0 Å². The van der Waals surface area contributed by atoms with Gasteiger partial charge in [0.2, 0.25) is 0 Å². The zero-order chi connectivity index (χ0) is 13.7. The van der Waals surface area contributed by atoms with E-state index in [2.05, 4.69) is 15.5 Å². The van der Waals surface area contributed by atoms with Crippen LogP contribution in [-0.4, -0.2) is 55.2 Å². The Kier molecular flexibility index (Phi) is 4.76. The Bertz CT molecular complexity index is 442. The minimum absolute atomic E-state index is 0.122. The zero-order valence-electron chi connectivity index (χ0n) is 11.3. The van der Waals surface area contributed by atoms with Gasteiger partial charge >= 0.3 is 0 Å². The molecule has 0 bridgehead atoms. The van der Waals surface area contributed by atoms with Gasteiger partial charge in [-0.1, -0.05) is 6.07 Å². The summed E-state index contributed by atoms with van der Waals surface area (Å²) in [4.78, 5) is 14.3. The Morgan fingerprint density at radius 3 is 2.89 bits per heavy atom. The van der Waals surface area contributed by atoms with Crippen LogP contribution in [0.15, 0.2) is 18.2 Å². The van der Waals surface area contributed by atoms with Crippen LogP contribution in [0.1, 0.15) is 15.9 Å². The predicted octanol–water partition coefficient (Wildman–Crippen LogP) is 0.336. The highest BCUT2D eigenvalue weighted by Gasteiger charge is 2.12. The molecule has 1 aromatic rings. The second-order valence-electron chi connectivity index (χ2n) is 4.80. The number of piperazine rings is 1. The van der Waals surface area contributed by atoms with E-state index < -0.39 is 0 Å². The van der Waals surface area contributed by atoms with E-state index in [1.54, 1.807) is 25.1 Å². The molecule has 0 radical (unpaired) electrons. The first kappa shape index (κ1) is 13.8. The Morgan fingerprint density at radius 1 is 1.42 bits per heavy atom. The van der Waals surface area contributed by atoms with E-state index in [1.807, 2.05) is 0 Å². The molecule has 0 aliphatic carbocycles. The molecule has 0 aromatic heterocycles. The lowest BCUT2D eigenvalue weighted by Crippen LogP contribution is -2.46. The third-order valence-corrected chi connectivity index (χ3v) is 3.47. The van der Waals surface area contributed by atoms with Crippen molar-refractivity contribution in [3.8, 4) is 5.75 Å². The highest BCUT2D eigenvalue weighted by molar-refractivity contribution is 5.96. The quantitative estimate of drug-likeness (QED) is 0.733. The third-order valence-electron chi connectivity index (χ3n) is 3.47. The summed E-state index contributed by atoms with van der Waals surface area (Å²) in [5, 5.41) is 15.8. The van der Waals surface area contributed by atoms with Gasteiger partial charge < -0.3 is 15.7 Å². The fourth-order valence-electron chi connectivity index (χ4n) is 2.23. The molecule has 1 aromatic carbocycles. The molecule has 0 spiro atoms. The molecule has 1 aliphatic rings.